The Morgan fingerprint density at radius 1 is 1.10 bits per heavy atom. The Morgan fingerprint density at radius 3 is 2.59 bits per heavy atom. The first kappa shape index (κ1) is 29.3. The summed E-state index contributed by atoms with van der Waals surface area (Å²) in [6, 6.07) is 15.4. The van der Waals surface area contributed by atoms with E-state index in [1.165, 1.54) is 23.9 Å². The molecule has 1 aliphatic rings. The summed E-state index contributed by atoms with van der Waals surface area (Å²) in [5, 5.41) is 10.7. The number of carbonyl (C=O) groups excluding carboxylic acids is 1. The highest BCUT2D eigenvalue weighted by atomic mass is 127. The number of thioether (sulfide) groups is 1. The molecular formula is C28H23Cl2IN2O5S. The number of nitrogens with zero attached hydrogens (tertiary/aromatic N) is 2. The van der Waals surface area contributed by atoms with E-state index in [9.17, 15) is 14.7 Å². The van der Waals surface area contributed by atoms with Gasteiger partial charge in [0.05, 0.1) is 36.4 Å². The summed E-state index contributed by atoms with van der Waals surface area (Å²) in [5.41, 5.74) is 2.22. The number of amides is 1. The number of benzene rings is 3. The molecular weight excluding hydrogens is 674 g/mol. The fourth-order valence-corrected chi connectivity index (χ4v) is 5.86. The molecule has 0 aromatic heterocycles. The Balaban J connectivity index is 1.61. The van der Waals surface area contributed by atoms with Gasteiger partial charge in [-0.25, -0.2) is 9.79 Å². The average molecular weight is 697 g/mol. The van der Waals surface area contributed by atoms with Crippen LogP contribution in [0.2, 0.25) is 10.0 Å². The quantitative estimate of drug-likeness (QED) is 0.181. The van der Waals surface area contributed by atoms with Crippen LogP contribution in [-0.2, 0) is 11.4 Å². The summed E-state index contributed by atoms with van der Waals surface area (Å²) >= 11 is 15.6. The van der Waals surface area contributed by atoms with E-state index < -0.39 is 5.97 Å². The SMILES string of the molecule is CCOc1cc(/C=C2\SC(=Nc3cccc(C(=O)O)c3)N(CC)C2=O)cc(I)c1OCc1ccc(Cl)c(Cl)c1. The van der Waals surface area contributed by atoms with E-state index in [1.54, 1.807) is 35.2 Å². The molecule has 1 N–H and O–H groups in total. The zero-order valence-electron chi connectivity index (χ0n) is 20.9. The van der Waals surface area contributed by atoms with Gasteiger partial charge in [0.2, 0.25) is 0 Å². The van der Waals surface area contributed by atoms with Crippen LogP contribution in [-0.4, -0.2) is 40.2 Å². The molecule has 11 heteroatoms. The summed E-state index contributed by atoms with van der Waals surface area (Å²) in [5.74, 6) is -0.0712. The number of carboxylic acids is 1. The molecule has 4 rings (SSSR count). The second kappa shape index (κ2) is 13.1. The second-order valence-electron chi connectivity index (χ2n) is 8.21. The van der Waals surface area contributed by atoms with Gasteiger partial charge >= 0.3 is 5.97 Å². The highest BCUT2D eigenvalue weighted by Crippen LogP contribution is 2.38. The first-order valence-corrected chi connectivity index (χ1v) is 14.5. The number of hydrogen-bond donors (Lipinski definition) is 1. The van der Waals surface area contributed by atoms with Crippen molar-refractivity contribution >= 4 is 86.4 Å². The van der Waals surface area contributed by atoms with Gasteiger partial charge in [-0.05, 0) is 108 Å². The molecule has 0 saturated carbocycles. The van der Waals surface area contributed by atoms with Crippen molar-refractivity contribution < 1.29 is 24.2 Å². The molecule has 0 bridgehead atoms. The Morgan fingerprint density at radius 2 is 1.90 bits per heavy atom. The minimum atomic E-state index is -1.04. The molecule has 0 spiro atoms. The Bertz CT molecular complexity index is 1490. The number of aliphatic imine (C=N–C) groups is 1. The molecule has 202 valence electrons. The fraction of sp³-hybridized carbons (Fsp3) is 0.179. The highest BCUT2D eigenvalue weighted by molar-refractivity contribution is 14.1. The monoisotopic (exact) mass is 696 g/mol. The van der Waals surface area contributed by atoms with Gasteiger partial charge in [0, 0.05) is 6.54 Å². The molecule has 39 heavy (non-hydrogen) atoms. The smallest absolute Gasteiger partial charge is 0.335 e. The van der Waals surface area contributed by atoms with E-state index >= 15 is 0 Å². The van der Waals surface area contributed by atoms with Crippen LogP contribution in [0.15, 0.2) is 64.5 Å². The van der Waals surface area contributed by atoms with E-state index in [-0.39, 0.29) is 18.1 Å². The Hall–Kier alpha value is -2.73. The van der Waals surface area contributed by atoms with E-state index in [0.717, 1.165) is 14.7 Å². The van der Waals surface area contributed by atoms with E-state index in [1.807, 2.05) is 32.0 Å². The van der Waals surface area contributed by atoms with Crippen LogP contribution in [0.3, 0.4) is 0 Å². The van der Waals surface area contributed by atoms with E-state index in [0.29, 0.717) is 50.5 Å². The summed E-state index contributed by atoms with van der Waals surface area (Å²) in [6.07, 6.45) is 1.79. The third kappa shape index (κ3) is 7.08. The number of hydrogen-bond acceptors (Lipinski definition) is 6. The topological polar surface area (TPSA) is 88.4 Å². The molecule has 1 aliphatic heterocycles. The zero-order valence-corrected chi connectivity index (χ0v) is 25.4. The number of rotatable bonds is 9. The number of halogens is 3. The average Bonchev–Trinajstić information content (AvgIpc) is 3.19. The van der Waals surface area contributed by atoms with Crippen LogP contribution in [0, 0.1) is 3.57 Å². The first-order valence-electron chi connectivity index (χ1n) is 11.9. The minimum absolute atomic E-state index is 0.129. The molecule has 3 aromatic carbocycles. The van der Waals surface area contributed by atoms with Crippen molar-refractivity contribution in [2.45, 2.75) is 20.5 Å². The molecule has 3 aromatic rings. The molecule has 1 heterocycles. The summed E-state index contributed by atoms with van der Waals surface area (Å²) in [6.45, 7) is 4.88. The predicted octanol–water partition coefficient (Wildman–Crippen LogP) is 7.90. The molecule has 0 aliphatic carbocycles. The lowest BCUT2D eigenvalue weighted by molar-refractivity contribution is -0.122. The maximum absolute atomic E-state index is 13.2. The second-order valence-corrected chi connectivity index (χ2v) is 11.2. The maximum Gasteiger partial charge on any atom is 0.335 e. The summed E-state index contributed by atoms with van der Waals surface area (Å²) in [7, 11) is 0. The molecule has 7 nitrogen and oxygen atoms in total. The van der Waals surface area contributed by atoms with Gasteiger partial charge in [-0.1, -0.05) is 35.3 Å². The summed E-state index contributed by atoms with van der Waals surface area (Å²) < 4.78 is 12.8. The maximum atomic E-state index is 13.2. The van der Waals surface area contributed by atoms with Crippen molar-refractivity contribution in [3.63, 3.8) is 0 Å². The zero-order chi connectivity index (χ0) is 28.1. The van der Waals surface area contributed by atoms with Gasteiger partial charge in [-0.2, -0.15) is 0 Å². The van der Waals surface area contributed by atoms with Gasteiger partial charge in [-0.15, -0.1) is 0 Å². The Kier molecular flexibility index (Phi) is 9.81. The number of carbonyl (C=O) groups is 2. The third-order valence-corrected chi connectivity index (χ3v) is 8.07. The first-order chi connectivity index (χ1) is 18.7. The van der Waals surface area contributed by atoms with Crippen molar-refractivity contribution in [1.29, 1.82) is 0 Å². The third-order valence-electron chi connectivity index (χ3n) is 5.52. The van der Waals surface area contributed by atoms with Gasteiger partial charge in [0.15, 0.2) is 16.7 Å². The molecule has 1 amide bonds. The van der Waals surface area contributed by atoms with Crippen LogP contribution in [0.5, 0.6) is 11.5 Å². The molecule has 1 fully saturated rings. The van der Waals surface area contributed by atoms with Crippen molar-refractivity contribution in [1.82, 2.24) is 4.90 Å². The van der Waals surface area contributed by atoms with Crippen LogP contribution >= 0.6 is 57.6 Å². The van der Waals surface area contributed by atoms with Gasteiger partial charge < -0.3 is 14.6 Å². The van der Waals surface area contributed by atoms with Gasteiger partial charge in [0.1, 0.15) is 6.61 Å². The highest BCUT2D eigenvalue weighted by Gasteiger charge is 2.32. The van der Waals surface area contributed by atoms with Crippen molar-refractivity contribution in [2.75, 3.05) is 13.2 Å². The number of carboxylic acid groups (broad SMARTS) is 1. The number of likely N-dealkylation sites (N-methyl/N-ethyl adjacent to an activating group) is 1. The van der Waals surface area contributed by atoms with Crippen molar-refractivity contribution in [2.24, 2.45) is 4.99 Å². The standard InChI is InChI=1S/C28H23Cl2IN2O5S/c1-3-33-26(34)24(39-28(33)32-19-7-5-6-18(14-19)27(35)36)13-17-11-22(31)25(23(12-17)37-4-2)38-15-16-8-9-20(29)21(30)10-16/h5-14H,3-4,15H2,1-2H3,(H,35,36)/b24-13-,32-28?. The largest absolute Gasteiger partial charge is 0.490 e. The fourth-order valence-electron chi connectivity index (χ4n) is 3.70. The Labute approximate surface area is 253 Å². The lowest BCUT2D eigenvalue weighted by Gasteiger charge is -2.15. The van der Waals surface area contributed by atoms with Gasteiger partial charge in [0.25, 0.3) is 5.91 Å². The van der Waals surface area contributed by atoms with Gasteiger partial charge in [-0.3, -0.25) is 9.69 Å². The van der Waals surface area contributed by atoms with Crippen molar-refractivity contribution in [3.05, 3.63) is 89.8 Å². The summed E-state index contributed by atoms with van der Waals surface area (Å²) in [4.78, 5) is 31.1. The van der Waals surface area contributed by atoms with Crippen LogP contribution in [0.1, 0.15) is 35.3 Å². The predicted molar refractivity (Wildman–Crippen MR) is 165 cm³/mol. The van der Waals surface area contributed by atoms with Crippen molar-refractivity contribution in [3.8, 4) is 11.5 Å². The number of ether oxygens (including phenoxy) is 2. The van der Waals surface area contributed by atoms with Crippen LogP contribution < -0.4 is 9.47 Å². The molecule has 0 radical (unpaired) electrons. The van der Waals surface area contributed by atoms with E-state index in [4.69, 9.17) is 32.7 Å². The van der Waals surface area contributed by atoms with E-state index in [2.05, 4.69) is 27.6 Å². The minimum Gasteiger partial charge on any atom is -0.490 e. The van der Waals surface area contributed by atoms with Crippen LogP contribution in [0.25, 0.3) is 6.08 Å². The molecule has 1 saturated heterocycles. The molecule has 0 unspecified atom stereocenters. The number of aromatic carboxylic acids is 1. The van der Waals surface area contributed by atoms with Crippen LogP contribution in [0.4, 0.5) is 5.69 Å². The normalized spacial score (nSPS) is 15.3. The number of amidine groups is 1. The lowest BCUT2D eigenvalue weighted by atomic mass is 10.1. The molecule has 0 atom stereocenters. The lowest BCUT2D eigenvalue weighted by Crippen LogP contribution is -2.28.